The van der Waals surface area contributed by atoms with Crippen molar-refractivity contribution in [2.75, 3.05) is 14.2 Å². The number of benzene rings is 2. The summed E-state index contributed by atoms with van der Waals surface area (Å²) in [5.74, 6) is 0.0242. The minimum Gasteiger partial charge on any atom is -0.497 e. The topological polar surface area (TPSA) is 76.7 Å². The Hall–Kier alpha value is -3.02. The first-order valence-corrected chi connectivity index (χ1v) is 7.89. The van der Waals surface area contributed by atoms with Gasteiger partial charge in [0.1, 0.15) is 11.5 Å². The zero-order valence-corrected chi connectivity index (χ0v) is 14.5. The number of rotatable bonds is 6. The van der Waals surface area contributed by atoms with Crippen LogP contribution in [0, 0.1) is 0 Å². The van der Waals surface area contributed by atoms with Crippen LogP contribution >= 0.6 is 0 Å². The van der Waals surface area contributed by atoms with Gasteiger partial charge in [-0.15, -0.1) is 0 Å². The lowest BCUT2D eigenvalue weighted by Crippen LogP contribution is -2.40. The molecule has 0 heterocycles. The van der Waals surface area contributed by atoms with E-state index < -0.39 is 11.8 Å². The van der Waals surface area contributed by atoms with E-state index in [1.165, 1.54) is 0 Å². The average Bonchev–Trinajstić information content (AvgIpc) is 2.66. The number of carbonyl (C=O) groups excluding carboxylic acids is 2. The molecule has 6 nitrogen and oxygen atoms in total. The van der Waals surface area contributed by atoms with Crippen molar-refractivity contribution in [3.63, 3.8) is 0 Å². The summed E-state index contributed by atoms with van der Waals surface area (Å²) in [5, 5.41) is 5.27. The van der Waals surface area contributed by atoms with Crippen molar-refractivity contribution in [3.8, 4) is 11.5 Å². The van der Waals surface area contributed by atoms with Crippen LogP contribution in [0.3, 0.4) is 0 Å². The van der Waals surface area contributed by atoms with E-state index in [0.717, 1.165) is 16.9 Å². The van der Waals surface area contributed by atoms with Crippen LogP contribution in [0.15, 0.2) is 48.5 Å². The monoisotopic (exact) mass is 342 g/mol. The summed E-state index contributed by atoms with van der Waals surface area (Å²) in [4.78, 5) is 24.0. The lowest BCUT2D eigenvalue weighted by atomic mass is 10.1. The molecule has 6 heteroatoms. The minimum atomic E-state index is -0.689. The fraction of sp³-hybridized carbons (Fsp3) is 0.263. The molecule has 2 aromatic carbocycles. The van der Waals surface area contributed by atoms with Crippen molar-refractivity contribution in [1.29, 1.82) is 0 Å². The number of para-hydroxylation sites is 1. The Kier molecular flexibility index (Phi) is 6.39. The van der Waals surface area contributed by atoms with E-state index in [2.05, 4.69) is 10.6 Å². The molecule has 0 aromatic heterocycles. The summed E-state index contributed by atoms with van der Waals surface area (Å²) in [6.07, 6.45) is 0. The summed E-state index contributed by atoms with van der Waals surface area (Å²) < 4.78 is 10.3. The molecule has 2 aromatic rings. The molecule has 2 N–H and O–H groups in total. The largest absolute Gasteiger partial charge is 0.497 e. The van der Waals surface area contributed by atoms with Crippen molar-refractivity contribution >= 4 is 11.8 Å². The highest BCUT2D eigenvalue weighted by Gasteiger charge is 2.17. The van der Waals surface area contributed by atoms with Gasteiger partial charge in [0.2, 0.25) is 0 Å². The van der Waals surface area contributed by atoms with Gasteiger partial charge in [-0.3, -0.25) is 9.59 Å². The van der Waals surface area contributed by atoms with Crippen molar-refractivity contribution in [2.45, 2.75) is 19.5 Å². The second kappa shape index (κ2) is 8.73. The Morgan fingerprint density at radius 3 is 2.28 bits per heavy atom. The highest BCUT2D eigenvalue weighted by atomic mass is 16.5. The lowest BCUT2D eigenvalue weighted by Gasteiger charge is -2.15. The molecule has 1 unspecified atom stereocenters. The molecular formula is C19H22N2O4. The second-order valence-electron chi connectivity index (χ2n) is 5.46. The molecule has 0 aliphatic rings. The predicted molar refractivity (Wildman–Crippen MR) is 94.4 cm³/mol. The van der Waals surface area contributed by atoms with Gasteiger partial charge in [0, 0.05) is 12.1 Å². The van der Waals surface area contributed by atoms with Crippen LogP contribution in [0.4, 0.5) is 0 Å². The third-order valence-corrected chi connectivity index (χ3v) is 3.80. The molecule has 0 aliphatic carbocycles. The Balaban J connectivity index is 1.89. The third-order valence-electron chi connectivity index (χ3n) is 3.80. The molecule has 0 saturated carbocycles. The number of nitrogens with one attached hydrogen (secondary N) is 2. The molecular weight excluding hydrogens is 320 g/mol. The van der Waals surface area contributed by atoms with E-state index in [1.54, 1.807) is 32.4 Å². The zero-order valence-electron chi connectivity index (χ0n) is 14.5. The second-order valence-corrected chi connectivity index (χ2v) is 5.46. The standard InChI is InChI=1S/C19H22N2O4/c1-13(14-8-10-16(24-2)11-9-14)21-19(23)18(22)20-12-15-6-4-5-7-17(15)25-3/h4-11,13H,12H2,1-3H3,(H,20,22)(H,21,23). The van der Waals surface area contributed by atoms with Gasteiger partial charge in [-0.1, -0.05) is 30.3 Å². The third kappa shape index (κ3) is 4.97. The first-order chi connectivity index (χ1) is 12.0. The van der Waals surface area contributed by atoms with Gasteiger partial charge >= 0.3 is 11.8 Å². The maximum Gasteiger partial charge on any atom is 0.309 e. The zero-order chi connectivity index (χ0) is 18.2. The smallest absolute Gasteiger partial charge is 0.309 e. The van der Waals surface area contributed by atoms with Gasteiger partial charge < -0.3 is 20.1 Å². The Labute approximate surface area is 147 Å². The maximum atomic E-state index is 12.0. The Bertz CT molecular complexity index is 728. The van der Waals surface area contributed by atoms with Crippen LogP contribution in [0.2, 0.25) is 0 Å². The van der Waals surface area contributed by atoms with Crippen LogP contribution in [0.5, 0.6) is 11.5 Å². The van der Waals surface area contributed by atoms with Crippen LogP contribution < -0.4 is 20.1 Å². The van der Waals surface area contributed by atoms with E-state index in [0.29, 0.717) is 5.75 Å². The number of carbonyl (C=O) groups is 2. The quantitative estimate of drug-likeness (QED) is 0.789. The minimum absolute atomic E-state index is 0.215. The van der Waals surface area contributed by atoms with Crippen molar-refractivity contribution in [1.82, 2.24) is 10.6 Å². The fourth-order valence-electron chi connectivity index (χ4n) is 2.34. The normalized spacial score (nSPS) is 11.3. The van der Waals surface area contributed by atoms with Gasteiger partial charge in [0.25, 0.3) is 0 Å². The summed E-state index contributed by atoms with van der Waals surface area (Å²) in [5.41, 5.74) is 1.68. The van der Waals surface area contributed by atoms with E-state index in [-0.39, 0.29) is 12.6 Å². The summed E-state index contributed by atoms with van der Waals surface area (Å²) in [7, 11) is 3.15. The highest BCUT2D eigenvalue weighted by Crippen LogP contribution is 2.18. The van der Waals surface area contributed by atoms with Crippen LogP contribution in [0.25, 0.3) is 0 Å². The van der Waals surface area contributed by atoms with Crippen molar-refractivity contribution in [3.05, 3.63) is 59.7 Å². The van der Waals surface area contributed by atoms with Gasteiger partial charge in [-0.2, -0.15) is 0 Å². The van der Waals surface area contributed by atoms with Gasteiger partial charge in [0.05, 0.1) is 20.3 Å². The van der Waals surface area contributed by atoms with E-state index in [9.17, 15) is 9.59 Å². The number of methoxy groups -OCH3 is 2. The van der Waals surface area contributed by atoms with Gasteiger partial charge in [0.15, 0.2) is 0 Å². The molecule has 2 rings (SSSR count). The average molecular weight is 342 g/mol. The van der Waals surface area contributed by atoms with Crippen LogP contribution in [0.1, 0.15) is 24.1 Å². The molecule has 0 saturated heterocycles. The van der Waals surface area contributed by atoms with Gasteiger partial charge in [-0.05, 0) is 30.7 Å². The summed E-state index contributed by atoms with van der Waals surface area (Å²) in [6.45, 7) is 2.03. The Morgan fingerprint density at radius 1 is 0.960 bits per heavy atom. The predicted octanol–water partition coefficient (Wildman–Crippen LogP) is 2.20. The number of amides is 2. The molecule has 0 bridgehead atoms. The van der Waals surface area contributed by atoms with E-state index in [1.807, 2.05) is 37.3 Å². The molecule has 1 atom stereocenters. The fourth-order valence-corrected chi connectivity index (χ4v) is 2.34. The molecule has 25 heavy (non-hydrogen) atoms. The molecule has 2 amide bonds. The van der Waals surface area contributed by atoms with E-state index >= 15 is 0 Å². The number of hydrogen-bond acceptors (Lipinski definition) is 4. The van der Waals surface area contributed by atoms with Crippen molar-refractivity contribution < 1.29 is 19.1 Å². The molecule has 0 fully saturated rings. The Morgan fingerprint density at radius 2 is 1.64 bits per heavy atom. The molecule has 0 radical (unpaired) electrons. The first kappa shape index (κ1) is 18.3. The first-order valence-electron chi connectivity index (χ1n) is 7.89. The molecule has 0 spiro atoms. The summed E-state index contributed by atoms with van der Waals surface area (Å²) in [6, 6.07) is 14.3. The number of ether oxygens (including phenoxy) is 2. The molecule has 0 aliphatic heterocycles. The lowest BCUT2D eigenvalue weighted by molar-refractivity contribution is -0.139. The van der Waals surface area contributed by atoms with Crippen LogP contribution in [-0.4, -0.2) is 26.0 Å². The SMILES string of the molecule is COc1ccc(C(C)NC(=O)C(=O)NCc2ccccc2OC)cc1. The van der Waals surface area contributed by atoms with Crippen LogP contribution in [-0.2, 0) is 16.1 Å². The maximum absolute atomic E-state index is 12.0. The highest BCUT2D eigenvalue weighted by molar-refractivity contribution is 6.35. The van der Waals surface area contributed by atoms with Gasteiger partial charge in [-0.25, -0.2) is 0 Å². The van der Waals surface area contributed by atoms with Crippen molar-refractivity contribution in [2.24, 2.45) is 0 Å². The molecule has 132 valence electrons. The number of hydrogen-bond donors (Lipinski definition) is 2. The van der Waals surface area contributed by atoms with E-state index in [4.69, 9.17) is 9.47 Å². The summed E-state index contributed by atoms with van der Waals surface area (Å²) >= 11 is 0.